The normalized spacial score (nSPS) is 25.1. The van der Waals surface area contributed by atoms with E-state index in [1.54, 1.807) is 29.8 Å². The first-order valence-corrected chi connectivity index (χ1v) is 15.3. The van der Waals surface area contributed by atoms with Gasteiger partial charge in [-0.1, -0.05) is 36.5 Å². The van der Waals surface area contributed by atoms with Crippen molar-refractivity contribution in [3.8, 4) is 0 Å². The number of halogens is 1. The molecule has 4 rings (SSSR count). The number of hydrogen-bond donors (Lipinski definition) is 4. The van der Waals surface area contributed by atoms with E-state index in [1.165, 1.54) is 4.53 Å². The molecule has 0 aromatic carbocycles. The van der Waals surface area contributed by atoms with Crippen molar-refractivity contribution in [3.63, 3.8) is 0 Å². The highest BCUT2D eigenvalue weighted by atomic mass is 32.1. The van der Waals surface area contributed by atoms with E-state index in [0.29, 0.717) is 12.5 Å². The maximum absolute atomic E-state index is 14.3. The molecule has 3 aliphatic rings. The van der Waals surface area contributed by atoms with Crippen molar-refractivity contribution in [1.29, 1.82) is 0 Å². The third kappa shape index (κ3) is 8.91. The summed E-state index contributed by atoms with van der Waals surface area (Å²) in [5.74, 6) is 0.295. The lowest BCUT2D eigenvalue weighted by Crippen LogP contribution is -2.51. The average Bonchev–Trinajstić information content (AvgIpc) is 3.37. The highest BCUT2D eigenvalue weighted by Gasteiger charge is 2.25. The topological polar surface area (TPSA) is 82.6 Å². The van der Waals surface area contributed by atoms with Crippen molar-refractivity contribution < 1.29 is 9.23 Å². The van der Waals surface area contributed by atoms with Crippen LogP contribution >= 0.6 is 20.6 Å². The molecule has 4 N–H and O–H groups in total. The van der Waals surface area contributed by atoms with Gasteiger partial charge in [-0.25, -0.2) is 14.8 Å². The molecule has 40 heavy (non-hydrogen) atoms. The zero-order chi connectivity index (χ0) is 28.2. The Morgan fingerprint density at radius 3 is 3.02 bits per heavy atom. The molecule has 0 radical (unpaired) electrons. The molecule has 7 nitrogen and oxygen atoms in total. The molecule has 1 aromatic heterocycles. The quantitative estimate of drug-likeness (QED) is 0.0563. The van der Waals surface area contributed by atoms with E-state index in [9.17, 15) is 4.39 Å². The molecular weight excluding hydrogens is 542 g/mol. The van der Waals surface area contributed by atoms with Crippen LogP contribution in [0, 0.1) is 5.92 Å². The second-order valence-corrected chi connectivity index (χ2v) is 11.6. The third-order valence-electron chi connectivity index (χ3n) is 7.06. The Morgan fingerprint density at radius 2 is 2.17 bits per heavy atom. The summed E-state index contributed by atoms with van der Waals surface area (Å²) in [6, 6.07) is 0.162. The Balaban J connectivity index is 1.30. The summed E-state index contributed by atoms with van der Waals surface area (Å²) in [4.78, 5) is 10.0. The molecule has 214 valence electrons. The van der Waals surface area contributed by atoms with Crippen LogP contribution in [0.5, 0.6) is 0 Å². The number of thiazole rings is 1. The number of fused-ring (bicyclic) bond motifs is 1. The van der Waals surface area contributed by atoms with Gasteiger partial charge in [-0.3, -0.25) is 0 Å². The van der Waals surface area contributed by atoms with Crippen molar-refractivity contribution in [2.75, 3.05) is 19.6 Å². The van der Waals surface area contributed by atoms with E-state index in [-0.39, 0.29) is 11.9 Å². The number of piperidine rings is 1. The molecule has 0 saturated carbocycles. The molecule has 1 aliphatic heterocycles. The number of rotatable bonds is 12. The number of hydrazine groups is 1. The fourth-order valence-corrected chi connectivity index (χ4v) is 6.11. The summed E-state index contributed by atoms with van der Waals surface area (Å²) in [6.45, 7) is 8.55. The molecule has 2 aliphatic carbocycles. The van der Waals surface area contributed by atoms with Gasteiger partial charge in [0.2, 0.25) is 0 Å². The molecule has 0 amide bonds. The summed E-state index contributed by atoms with van der Waals surface area (Å²) in [6.07, 6.45) is 20.5. The van der Waals surface area contributed by atoms with Crippen LogP contribution < -0.4 is 31.6 Å². The van der Waals surface area contributed by atoms with E-state index in [4.69, 9.17) is 4.84 Å². The van der Waals surface area contributed by atoms with Crippen molar-refractivity contribution >= 4 is 38.4 Å². The second-order valence-electron chi connectivity index (χ2n) is 10.0. The molecule has 2 heterocycles. The number of hydrogen-bond acceptors (Lipinski definition) is 8. The van der Waals surface area contributed by atoms with Crippen LogP contribution in [0.1, 0.15) is 45.4 Å². The molecule has 0 bridgehead atoms. The molecule has 3 atom stereocenters. The van der Waals surface area contributed by atoms with Crippen LogP contribution in [0.15, 0.2) is 81.7 Å². The first-order chi connectivity index (χ1) is 19.5. The van der Waals surface area contributed by atoms with Crippen molar-refractivity contribution in [2.45, 2.75) is 51.5 Å². The monoisotopic (exact) mass is 582 g/mol. The Kier molecular flexibility index (Phi) is 12.1. The van der Waals surface area contributed by atoms with E-state index in [1.807, 2.05) is 30.7 Å². The summed E-state index contributed by atoms with van der Waals surface area (Å²) in [5.41, 5.74) is 14.5. The predicted molar refractivity (Wildman–Crippen MR) is 168 cm³/mol. The van der Waals surface area contributed by atoms with Gasteiger partial charge in [0.25, 0.3) is 0 Å². The fraction of sp³-hybridized carbons (Fsp3) is 0.400. The largest absolute Gasteiger partial charge is 0.402 e. The first-order valence-electron chi connectivity index (χ1n) is 13.8. The number of nitrogens with one attached hydrogen (secondary N) is 4. The summed E-state index contributed by atoms with van der Waals surface area (Å²) in [5, 5.41) is 10.2. The van der Waals surface area contributed by atoms with E-state index in [0.717, 1.165) is 84.7 Å². The number of allylic oxidation sites excluding steroid dienone is 9. The van der Waals surface area contributed by atoms with E-state index in [2.05, 4.69) is 59.8 Å². The van der Waals surface area contributed by atoms with Gasteiger partial charge in [0.05, 0.1) is 27.6 Å². The Hall–Kier alpha value is -2.68. The van der Waals surface area contributed by atoms with Crippen LogP contribution in [-0.2, 0) is 4.84 Å². The minimum atomic E-state index is -0.0582. The van der Waals surface area contributed by atoms with Gasteiger partial charge in [0.1, 0.15) is 12.1 Å². The van der Waals surface area contributed by atoms with Crippen molar-refractivity contribution in [3.05, 3.63) is 86.5 Å². The van der Waals surface area contributed by atoms with Gasteiger partial charge >= 0.3 is 0 Å². The zero-order valence-electron chi connectivity index (χ0n) is 23.1. The Morgan fingerprint density at radius 1 is 1.30 bits per heavy atom. The molecule has 1 saturated heterocycles. The molecule has 3 unspecified atom stereocenters. The number of nitrogens with zero attached hydrogens (tertiary/aromatic N) is 2. The van der Waals surface area contributed by atoms with Crippen LogP contribution in [0.25, 0.3) is 12.2 Å². The van der Waals surface area contributed by atoms with Gasteiger partial charge in [-0.05, 0) is 98.2 Å². The lowest BCUT2D eigenvalue weighted by molar-refractivity contribution is 0.0711. The minimum Gasteiger partial charge on any atom is -0.402 e. The summed E-state index contributed by atoms with van der Waals surface area (Å²) in [7, 11) is 2.73. The predicted octanol–water partition coefficient (Wildman–Crippen LogP) is 4.19. The molecular formula is C30H40FN6OPS. The van der Waals surface area contributed by atoms with Gasteiger partial charge in [0, 0.05) is 12.6 Å². The highest BCUT2D eigenvalue weighted by molar-refractivity contribution is 7.22. The third-order valence-corrected chi connectivity index (χ3v) is 8.54. The summed E-state index contributed by atoms with van der Waals surface area (Å²) >= 11 is 1.66. The van der Waals surface area contributed by atoms with Gasteiger partial charge in [-0.2, -0.15) is 5.10 Å². The number of hydrazone groups is 1. The SMILES string of the molecule is C=C(/C=C\ONNC1CNCC(CC2=C(P)CCC=C2F)C1)C(=N\NC/C=C\C)/C1=C/C=c2/ncs/c2=C/CC1. The molecule has 10 heteroatoms. The first kappa shape index (κ1) is 30.3. The fourth-order valence-electron chi connectivity index (χ4n) is 4.95. The molecule has 1 fully saturated rings. The molecule has 0 spiro atoms. The van der Waals surface area contributed by atoms with Gasteiger partial charge in [-0.15, -0.1) is 20.6 Å². The Bertz CT molecular complexity index is 1340. The van der Waals surface area contributed by atoms with E-state index >= 15 is 0 Å². The zero-order valence-corrected chi connectivity index (χ0v) is 25.1. The Labute approximate surface area is 242 Å². The lowest BCUT2D eigenvalue weighted by atomic mass is 9.88. The maximum atomic E-state index is 14.3. The maximum Gasteiger partial charge on any atom is 0.122 e. The highest BCUT2D eigenvalue weighted by Crippen LogP contribution is 2.35. The molecule has 1 aromatic rings. The van der Waals surface area contributed by atoms with Crippen LogP contribution in [0.3, 0.4) is 0 Å². The van der Waals surface area contributed by atoms with Crippen LogP contribution in [0.2, 0.25) is 0 Å². The number of aromatic nitrogens is 1. The van der Waals surface area contributed by atoms with Gasteiger partial charge < -0.3 is 15.6 Å². The van der Waals surface area contributed by atoms with E-state index < -0.39 is 0 Å². The summed E-state index contributed by atoms with van der Waals surface area (Å²) < 4.78 is 15.6. The van der Waals surface area contributed by atoms with Gasteiger partial charge in [0.15, 0.2) is 0 Å². The lowest BCUT2D eigenvalue weighted by Gasteiger charge is -2.31. The minimum absolute atomic E-state index is 0.0582. The average molecular weight is 583 g/mol. The smallest absolute Gasteiger partial charge is 0.122 e. The van der Waals surface area contributed by atoms with Crippen molar-refractivity contribution in [1.82, 2.24) is 26.7 Å². The standard InChI is InChI=1S/C30H40FN6OPS/c1-3-4-14-34-36-30(23-7-5-10-29-27(12-11-23)33-20-40-29)21(2)13-15-38-37-35-24-16-22(18-32-19-24)17-25-26(31)8-6-9-28(25)39/h3-4,8,10-13,15,20,22,24,32,34-35,37H,2,5-7,9,14,16-19,39H2,1H3/b4-3-,15-13-,23-11+,27-12+,29-10+,36-30+. The second kappa shape index (κ2) is 15.9. The van der Waals surface area contributed by atoms with Crippen LogP contribution in [0.4, 0.5) is 4.39 Å². The van der Waals surface area contributed by atoms with Crippen LogP contribution in [-0.4, -0.2) is 36.4 Å². The van der Waals surface area contributed by atoms with Crippen molar-refractivity contribution in [2.24, 2.45) is 11.0 Å².